The Morgan fingerprint density at radius 3 is 2.12 bits per heavy atom. The Labute approximate surface area is 192 Å². The van der Waals surface area contributed by atoms with Crippen LogP contribution < -0.4 is 20.9 Å². The highest BCUT2D eigenvalue weighted by molar-refractivity contribution is 5.94. The van der Waals surface area contributed by atoms with Gasteiger partial charge < -0.3 is 10.1 Å². The average Bonchev–Trinajstić information content (AvgIpc) is 2.78. The predicted octanol–water partition coefficient (Wildman–Crippen LogP) is 5.54. The van der Waals surface area contributed by atoms with Crippen LogP contribution in [0.1, 0.15) is 72.4 Å². The molecule has 0 saturated carbocycles. The number of rotatable bonds is 11. The van der Waals surface area contributed by atoms with Crippen molar-refractivity contribution in [2.75, 3.05) is 10.7 Å². The molecule has 2 aromatic carbocycles. The van der Waals surface area contributed by atoms with Crippen LogP contribution >= 0.6 is 0 Å². The Hall–Kier alpha value is -3.02. The topological polar surface area (TPSA) is 79.5 Å². The van der Waals surface area contributed by atoms with Gasteiger partial charge in [0.15, 0.2) is 6.10 Å². The van der Waals surface area contributed by atoms with Gasteiger partial charge in [-0.25, -0.2) is 0 Å². The number of carbonyl (C=O) groups excluding carboxylic acids is 2. The summed E-state index contributed by atoms with van der Waals surface area (Å²) >= 11 is 0. The molecule has 174 valence electrons. The lowest BCUT2D eigenvalue weighted by Gasteiger charge is -2.31. The van der Waals surface area contributed by atoms with Crippen LogP contribution in [0.4, 0.5) is 11.4 Å². The normalized spacial score (nSPS) is 12.6. The molecule has 0 bridgehead atoms. The number of nitrogens with one attached hydrogen (secondary N) is 3. The van der Waals surface area contributed by atoms with Crippen molar-refractivity contribution in [1.82, 2.24) is 5.43 Å². The van der Waals surface area contributed by atoms with Gasteiger partial charge in [-0.2, -0.15) is 0 Å². The van der Waals surface area contributed by atoms with Crippen LogP contribution in [-0.2, 0) is 20.4 Å². The molecular formula is C26H37N3O3. The van der Waals surface area contributed by atoms with E-state index < -0.39 is 6.10 Å². The van der Waals surface area contributed by atoms with E-state index in [-0.39, 0.29) is 16.7 Å². The van der Waals surface area contributed by atoms with Crippen LogP contribution in [-0.4, -0.2) is 18.4 Å². The van der Waals surface area contributed by atoms with E-state index in [4.69, 9.17) is 4.74 Å². The Morgan fingerprint density at radius 1 is 0.969 bits per heavy atom. The fraction of sp³-hybridized carbons (Fsp3) is 0.462. The highest BCUT2D eigenvalue weighted by Crippen LogP contribution is 2.38. The Morgan fingerprint density at radius 2 is 1.56 bits per heavy atom. The van der Waals surface area contributed by atoms with Crippen LogP contribution in [0.25, 0.3) is 0 Å². The third-order valence-electron chi connectivity index (χ3n) is 6.36. The van der Waals surface area contributed by atoms with Crippen LogP contribution in [0.5, 0.6) is 5.75 Å². The van der Waals surface area contributed by atoms with Gasteiger partial charge in [0.1, 0.15) is 5.75 Å². The van der Waals surface area contributed by atoms with E-state index in [1.807, 2.05) is 6.07 Å². The fourth-order valence-electron chi connectivity index (χ4n) is 3.21. The molecule has 0 saturated heterocycles. The van der Waals surface area contributed by atoms with Crippen molar-refractivity contribution >= 4 is 23.7 Å². The fourth-order valence-corrected chi connectivity index (χ4v) is 3.21. The minimum Gasteiger partial charge on any atom is -0.481 e. The van der Waals surface area contributed by atoms with Crippen molar-refractivity contribution in [3.05, 3.63) is 53.6 Å². The summed E-state index contributed by atoms with van der Waals surface area (Å²) in [5.41, 5.74) is 8.84. The van der Waals surface area contributed by atoms with Gasteiger partial charge in [-0.3, -0.25) is 20.4 Å². The third-order valence-corrected chi connectivity index (χ3v) is 6.36. The minimum absolute atomic E-state index is 0.0718. The molecule has 0 aliphatic carbocycles. The maximum atomic E-state index is 12.8. The highest BCUT2D eigenvalue weighted by atomic mass is 16.5. The maximum absolute atomic E-state index is 12.8. The first-order chi connectivity index (χ1) is 15.0. The van der Waals surface area contributed by atoms with Crippen molar-refractivity contribution < 1.29 is 14.3 Å². The van der Waals surface area contributed by atoms with Crippen molar-refractivity contribution in [3.8, 4) is 5.75 Å². The molecule has 6 heteroatoms. The number of ether oxygens (including phenoxy) is 1. The summed E-state index contributed by atoms with van der Waals surface area (Å²) in [5.74, 6) is 0.518. The first kappa shape index (κ1) is 25.2. The van der Waals surface area contributed by atoms with Gasteiger partial charge in [0.25, 0.3) is 5.91 Å². The lowest BCUT2D eigenvalue weighted by Crippen LogP contribution is -2.31. The molecule has 0 aromatic heterocycles. The lowest BCUT2D eigenvalue weighted by molar-refractivity contribution is -0.122. The molecule has 32 heavy (non-hydrogen) atoms. The van der Waals surface area contributed by atoms with Crippen molar-refractivity contribution in [3.63, 3.8) is 0 Å². The Bertz CT molecular complexity index is 920. The SMILES string of the molecule is CCC(C)(C)c1ccc(OC(C)C(=O)Nc2ccc(NNC=O)cc2)c(C(C)(C)CC)c1. The molecular weight excluding hydrogens is 402 g/mol. The quantitative estimate of drug-likeness (QED) is 0.317. The smallest absolute Gasteiger partial charge is 0.265 e. The first-order valence-electron chi connectivity index (χ1n) is 11.2. The summed E-state index contributed by atoms with van der Waals surface area (Å²) in [6, 6.07) is 13.4. The summed E-state index contributed by atoms with van der Waals surface area (Å²) in [5, 5.41) is 2.88. The molecule has 1 atom stereocenters. The van der Waals surface area contributed by atoms with E-state index >= 15 is 0 Å². The van der Waals surface area contributed by atoms with Gasteiger partial charge in [0.05, 0.1) is 5.69 Å². The van der Waals surface area contributed by atoms with Crippen molar-refractivity contribution in [2.45, 2.75) is 78.2 Å². The number of carbonyl (C=O) groups is 2. The molecule has 3 N–H and O–H groups in total. The van der Waals surface area contributed by atoms with E-state index in [1.165, 1.54) is 5.56 Å². The lowest BCUT2D eigenvalue weighted by atomic mass is 9.76. The van der Waals surface area contributed by atoms with Gasteiger partial charge in [-0.1, -0.05) is 53.7 Å². The maximum Gasteiger partial charge on any atom is 0.265 e. The Balaban J connectivity index is 2.19. The van der Waals surface area contributed by atoms with Gasteiger partial charge in [0.2, 0.25) is 6.41 Å². The zero-order chi connectivity index (χ0) is 23.9. The summed E-state index contributed by atoms with van der Waals surface area (Å²) in [7, 11) is 0. The molecule has 1 unspecified atom stereocenters. The summed E-state index contributed by atoms with van der Waals surface area (Å²) in [6.45, 7) is 15.0. The van der Waals surface area contributed by atoms with E-state index in [0.717, 1.165) is 24.2 Å². The van der Waals surface area contributed by atoms with Crippen LogP contribution in [0.3, 0.4) is 0 Å². The average molecular weight is 440 g/mol. The van der Waals surface area contributed by atoms with Gasteiger partial charge in [0, 0.05) is 11.3 Å². The largest absolute Gasteiger partial charge is 0.481 e. The van der Waals surface area contributed by atoms with Crippen LogP contribution in [0, 0.1) is 0 Å². The third kappa shape index (κ3) is 6.25. The number of hydrazine groups is 1. The Kier molecular flexibility index (Phi) is 8.31. The molecule has 2 aromatic rings. The first-order valence-corrected chi connectivity index (χ1v) is 11.2. The zero-order valence-corrected chi connectivity index (χ0v) is 20.3. The van der Waals surface area contributed by atoms with Gasteiger partial charge in [-0.15, -0.1) is 0 Å². The summed E-state index contributed by atoms with van der Waals surface area (Å²) < 4.78 is 6.17. The molecule has 2 amide bonds. The number of anilines is 2. The van der Waals surface area contributed by atoms with E-state index in [0.29, 0.717) is 17.8 Å². The van der Waals surface area contributed by atoms with Gasteiger partial charge in [-0.05, 0) is 66.5 Å². The van der Waals surface area contributed by atoms with Crippen molar-refractivity contribution in [2.24, 2.45) is 0 Å². The monoisotopic (exact) mass is 439 g/mol. The second kappa shape index (κ2) is 10.5. The molecule has 0 radical (unpaired) electrons. The second-order valence-electron chi connectivity index (χ2n) is 9.40. The van der Waals surface area contributed by atoms with Crippen LogP contribution in [0.2, 0.25) is 0 Å². The van der Waals surface area contributed by atoms with Gasteiger partial charge >= 0.3 is 0 Å². The van der Waals surface area contributed by atoms with E-state index in [1.54, 1.807) is 31.2 Å². The van der Waals surface area contributed by atoms with Crippen LogP contribution in [0.15, 0.2) is 42.5 Å². The zero-order valence-electron chi connectivity index (χ0n) is 20.3. The number of benzene rings is 2. The number of hydrogen-bond acceptors (Lipinski definition) is 4. The molecule has 0 aliphatic heterocycles. The molecule has 0 spiro atoms. The van der Waals surface area contributed by atoms with E-state index in [2.05, 4.69) is 69.8 Å². The number of hydrogen-bond donors (Lipinski definition) is 3. The molecule has 2 rings (SSSR count). The second-order valence-corrected chi connectivity index (χ2v) is 9.40. The summed E-state index contributed by atoms with van der Waals surface area (Å²) in [4.78, 5) is 23.1. The van der Waals surface area contributed by atoms with Crippen molar-refractivity contribution in [1.29, 1.82) is 0 Å². The predicted molar refractivity (Wildman–Crippen MR) is 131 cm³/mol. The molecule has 0 aliphatic rings. The minimum atomic E-state index is -0.666. The highest BCUT2D eigenvalue weighted by Gasteiger charge is 2.28. The standard InChI is InChI=1S/C26H37N3O3/c1-8-25(4,5)19-10-15-23(22(16-19)26(6,7)9-2)32-18(3)24(31)28-20-11-13-21(14-12-20)29-27-17-30/h10-18,29H,8-9H2,1-7H3,(H,27,30)(H,28,31). The molecule has 0 heterocycles. The number of amides is 2. The summed E-state index contributed by atoms with van der Waals surface area (Å²) in [6.07, 6.45) is 1.89. The molecule has 6 nitrogen and oxygen atoms in total. The van der Waals surface area contributed by atoms with E-state index in [9.17, 15) is 9.59 Å². The molecule has 0 fully saturated rings.